The number of pyridine rings is 1. The van der Waals surface area contributed by atoms with Gasteiger partial charge in [0.1, 0.15) is 0 Å². The van der Waals surface area contributed by atoms with Gasteiger partial charge in [0.25, 0.3) is 0 Å². The number of hydrogen-bond acceptors (Lipinski definition) is 2. The lowest BCUT2D eigenvalue weighted by atomic mass is 10.0. The molecule has 0 radical (unpaired) electrons. The van der Waals surface area contributed by atoms with E-state index in [0.717, 1.165) is 33.9 Å². The number of anilines is 1. The van der Waals surface area contributed by atoms with Crippen molar-refractivity contribution in [3.63, 3.8) is 0 Å². The minimum absolute atomic E-state index is 0.947. The molecule has 18 heavy (non-hydrogen) atoms. The van der Waals surface area contributed by atoms with Crippen LogP contribution in [0.2, 0.25) is 0 Å². The minimum atomic E-state index is 0.947. The van der Waals surface area contributed by atoms with Crippen LogP contribution in [0.3, 0.4) is 0 Å². The highest BCUT2D eigenvalue weighted by Crippen LogP contribution is 2.36. The molecule has 0 amide bonds. The summed E-state index contributed by atoms with van der Waals surface area (Å²) in [5, 5.41) is 1.12. The minimum Gasteiger partial charge on any atom is -0.398 e. The highest BCUT2D eigenvalue weighted by atomic mass is 127. The van der Waals surface area contributed by atoms with E-state index >= 15 is 0 Å². The Balaban J connectivity index is 2.38. The van der Waals surface area contributed by atoms with Crippen molar-refractivity contribution in [3.05, 3.63) is 31.4 Å². The van der Waals surface area contributed by atoms with Crippen molar-refractivity contribution in [1.82, 2.24) is 4.98 Å². The number of aryl methyl sites for hydroxylation is 1. The van der Waals surface area contributed by atoms with Crippen molar-refractivity contribution in [2.24, 2.45) is 0 Å². The monoisotopic (exact) mass is 416 g/mol. The van der Waals surface area contributed by atoms with Gasteiger partial charge in [-0.1, -0.05) is 6.42 Å². The van der Waals surface area contributed by atoms with Crippen molar-refractivity contribution in [2.75, 3.05) is 5.73 Å². The first-order valence-corrected chi connectivity index (χ1v) is 8.10. The fourth-order valence-electron chi connectivity index (χ4n) is 2.67. The maximum Gasteiger partial charge on any atom is 0.0878 e. The first-order chi connectivity index (χ1) is 8.68. The number of nitrogens with two attached hydrogens (primary N) is 1. The Morgan fingerprint density at radius 2 is 1.94 bits per heavy atom. The van der Waals surface area contributed by atoms with Gasteiger partial charge in [0.15, 0.2) is 0 Å². The molecule has 2 aromatic rings. The maximum atomic E-state index is 6.41. The van der Waals surface area contributed by atoms with Crippen LogP contribution in [0.5, 0.6) is 0 Å². The predicted molar refractivity (Wildman–Crippen MR) is 87.8 cm³/mol. The molecule has 1 heterocycles. The van der Waals surface area contributed by atoms with Crippen LogP contribution in [0.1, 0.15) is 30.5 Å². The Morgan fingerprint density at radius 3 is 2.78 bits per heavy atom. The van der Waals surface area contributed by atoms with E-state index in [4.69, 9.17) is 10.7 Å². The van der Waals surface area contributed by atoms with Gasteiger partial charge in [-0.25, -0.2) is 0 Å². The van der Waals surface area contributed by atoms with Crippen molar-refractivity contribution in [1.29, 1.82) is 0 Å². The van der Waals surface area contributed by atoms with Crippen LogP contribution >= 0.6 is 38.5 Å². The number of aromatic nitrogens is 1. The van der Waals surface area contributed by atoms with Crippen LogP contribution in [-0.2, 0) is 12.8 Å². The van der Waals surface area contributed by atoms with E-state index in [2.05, 4.69) is 50.7 Å². The van der Waals surface area contributed by atoms with E-state index in [1.165, 1.54) is 34.1 Å². The lowest BCUT2D eigenvalue weighted by Crippen LogP contribution is -2.04. The molecule has 0 spiro atoms. The van der Waals surface area contributed by atoms with Gasteiger partial charge in [-0.15, -0.1) is 0 Å². The molecular weight excluding hydrogens is 403 g/mol. The van der Waals surface area contributed by atoms with Gasteiger partial charge in [0.05, 0.1) is 5.52 Å². The van der Waals surface area contributed by atoms with Crippen LogP contribution in [-0.4, -0.2) is 4.98 Å². The van der Waals surface area contributed by atoms with Crippen LogP contribution in [0.4, 0.5) is 5.69 Å². The molecule has 4 heteroatoms. The van der Waals surface area contributed by atoms with E-state index in [0.29, 0.717) is 0 Å². The molecular formula is C14H14BrIN2. The quantitative estimate of drug-likeness (QED) is 0.508. The molecule has 0 aliphatic heterocycles. The Hall–Kier alpha value is -0.360. The van der Waals surface area contributed by atoms with Crippen LogP contribution in [0.25, 0.3) is 10.9 Å². The molecule has 2 N–H and O–H groups in total. The maximum absolute atomic E-state index is 6.41. The molecule has 1 aromatic carbocycles. The molecule has 0 unspecified atom stereocenters. The van der Waals surface area contributed by atoms with Crippen LogP contribution in [0.15, 0.2) is 16.6 Å². The molecule has 0 fully saturated rings. The summed E-state index contributed by atoms with van der Waals surface area (Å²) >= 11 is 5.94. The second-order valence-corrected chi connectivity index (χ2v) is 6.78. The summed E-state index contributed by atoms with van der Waals surface area (Å²) in [4.78, 5) is 4.87. The number of hydrogen-bond donors (Lipinski definition) is 1. The van der Waals surface area contributed by atoms with E-state index < -0.39 is 0 Å². The first-order valence-electron chi connectivity index (χ1n) is 6.23. The lowest BCUT2D eigenvalue weighted by Gasteiger charge is -2.14. The molecule has 94 valence electrons. The number of rotatable bonds is 0. The number of nitrogens with zero attached hydrogens (tertiary/aromatic N) is 1. The summed E-state index contributed by atoms with van der Waals surface area (Å²) in [5.74, 6) is 0. The Bertz CT molecular complexity index is 625. The van der Waals surface area contributed by atoms with E-state index in [1.54, 1.807) is 0 Å². The predicted octanol–water partition coefficient (Wildman–Crippen LogP) is 4.45. The van der Waals surface area contributed by atoms with E-state index in [9.17, 15) is 0 Å². The fourth-order valence-corrected chi connectivity index (χ4v) is 3.82. The highest BCUT2D eigenvalue weighted by Gasteiger charge is 2.17. The van der Waals surface area contributed by atoms with Gasteiger partial charge in [0, 0.05) is 24.8 Å². The van der Waals surface area contributed by atoms with Crippen LogP contribution in [0, 0.1) is 3.57 Å². The SMILES string of the molecule is Nc1c2c(nc3c(Br)ccc(I)c13)CCCCC2. The van der Waals surface area contributed by atoms with E-state index in [1.807, 2.05) is 0 Å². The zero-order valence-electron chi connectivity index (χ0n) is 9.97. The topological polar surface area (TPSA) is 38.9 Å². The molecule has 0 saturated heterocycles. The van der Waals surface area contributed by atoms with Gasteiger partial charge >= 0.3 is 0 Å². The number of nitrogen functional groups attached to an aromatic ring is 1. The average molecular weight is 417 g/mol. The van der Waals surface area contributed by atoms with Gasteiger partial charge in [0.2, 0.25) is 0 Å². The van der Waals surface area contributed by atoms with Gasteiger partial charge in [-0.2, -0.15) is 0 Å². The Labute approximate surface area is 129 Å². The molecule has 0 saturated carbocycles. The molecule has 1 aliphatic carbocycles. The number of fused-ring (bicyclic) bond motifs is 2. The summed E-state index contributed by atoms with van der Waals surface area (Å²) in [6.07, 6.45) is 5.88. The van der Waals surface area contributed by atoms with Gasteiger partial charge in [-0.3, -0.25) is 4.98 Å². The number of benzene rings is 1. The molecule has 3 rings (SSSR count). The van der Waals surface area contributed by atoms with Gasteiger partial charge < -0.3 is 5.73 Å². The summed E-state index contributed by atoms with van der Waals surface area (Å²) < 4.78 is 2.22. The van der Waals surface area contributed by atoms with E-state index in [-0.39, 0.29) is 0 Å². The second-order valence-electron chi connectivity index (χ2n) is 4.76. The third-order valence-electron chi connectivity index (χ3n) is 3.61. The normalized spacial score (nSPS) is 15.4. The molecule has 0 atom stereocenters. The fraction of sp³-hybridized carbons (Fsp3) is 0.357. The Morgan fingerprint density at radius 1 is 1.17 bits per heavy atom. The van der Waals surface area contributed by atoms with Crippen molar-refractivity contribution in [2.45, 2.75) is 32.1 Å². The highest BCUT2D eigenvalue weighted by molar-refractivity contribution is 14.1. The van der Waals surface area contributed by atoms with Crippen molar-refractivity contribution < 1.29 is 0 Å². The summed E-state index contributed by atoms with van der Waals surface area (Å²) in [6.45, 7) is 0. The standard InChI is InChI=1S/C14H14BrIN2/c15-9-6-7-10(16)12-13(17)8-4-2-1-3-5-11(8)18-14(9)12/h6-7H,1-5H2,(H2,17,18). The number of halogens is 2. The second kappa shape index (κ2) is 4.96. The van der Waals surface area contributed by atoms with Crippen molar-refractivity contribution in [3.8, 4) is 0 Å². The summed E-state index contributed by atoms with van der Waals surface area (Å²) in [6, 6.07) is 4.15. The third-order valence-corrected chi connectivity index (χ3v) is 5.15. The molecule has 2 nitrogen and oxygen atoms in total. The largest absolute Gasteiger partial charge is 0.398 e. The summed E-state index contributed by atoms with van der Waals surface area (Å²) in [5.41, 5.74) is 10.9. The first kappa shape index (κ1) is 12.7. The smallest absolute Gasteiger partial charge is 0.0878 e. The average Bonchev–Trinajstić information content (AvgIpc) is 2.59. The molecule has 0 bridgehead atoms. The van der Waals surface area contributed by atoms with Gasteiger partial charge in [-0.05, 0) is 81.9 Å². The summed E-state index contributed by atoms with van der Waals surface area (Å²) in [7, 11) is 0. The third kappa shape index (κ3) is 2.03. The zero-order chi connectivity index (χ0) is 12.7. The van der Waals surface area contributed by atoms with Crippen molar-refractivity contribution >= 4 is 55.1 Å². The Kier molecular flexibility index (Phi) is 3.49. The zero-order valence-corrected chi connectivity index (χ0v) is 13.7. The molecule has 1 aromatic heterocycles. The lowest BCUT2D eigenvalue weighted by molar-refractivity contribution is 0.709. The van der Waals surface area contributed by atoms with Crippen LogP contribution < -0.4 is 5.73 Å². The molecule has 1 aliphatic rings.